The Labute approximate surface area is 91.1 Å². The maximum absolute atomic E-state index is 11.5. The summed E-state index contributed by atoms with van der Waals surface area (Å²) >= 11 is 4.48. The number of fused-ring (bicyclic) bond motifs is 1. The summed E-state index contributed by atoms with van der Waals surface area (Å²) in [6.45, 7) is 1.81. The van der Waals surface area contributed by atoms with Crippen molar-refractivity contribution in [2.45, 2.75) is 6.92 Å². The number of para-hydroxylation sites is 1. The fraction of sp³-hybridized carbons (Fsp3) is 0.0909. The number of benzene rings is 1. The van der Waals surface area contributed by atoms with E-state index in [1.807, 2.05) is 25.1 Å². The van der Waals surface area contributed by atoms with Crippen LogP contribution in [0.25, 0.3) is 11.0 Å². The number of nitrogens with zero attached hydrogens (tertiary/aromatic N) is 1. The number of aliphatic imine (C=N–C) groups is 1. The van der Waals surface area contributed by atoms with Gasteiger partial charge in [0.25, 0.3) is 0 Å². The number of rotatable bonds is 1. The molecule has 4 heteroatoms. The number of thiocarbonyl (C=S) groups is 1. The van der Waals surface area contributed by atoms with Crippen molar-refractivity contribution in [2.24, 2.45) is 4.99 Å². The maximum Gasteiger partial charge on any atom is 0.363 e. The van der Waals surface area contributed by atoms with Crippen LogP contribution in [-0.2, 0) is 0 Å². The normalized spacial score (nSPS) is 9.93. The lowest BCUT2D eigenvalue weighted by Gasteiger charge is -2.01. The van der Waals surface area contributed by atoms with E-state index in [1.165, 1.54) is 0 Å². The first kappa shape index (κ1) is 9.77. The summed E-state index contributed by atoms with van der Waals surface area (Å²) in [6, 6.07) is 7.30. The lowest BCUT2D eigenvalue weighted by Crippen LogP contribution is -2.00. The SMILES string of the molecule is Cc1c(N=C=S)c(=O)oc2ccccc12. The molecule has 0 bridgehead atoms. The van der Waals surface area contributed by atoms with Crippen molar-refractivity contribution >= 4 is 34.0 Å². The largest absolute Gasteiger partial charge is 0.421 e. The van der Waals surface area contributed by atoms with Gasteiger partial charge in [-0.1, -0.05) is 18.2 Å². The van der Waals surface area contributed by atoms with E-state index in [9.17, 15) is 4.79 Å². The second-order valence-electron chi connectivity index (χ2n) is 3.06. The van der Waals surface area contributed by atoms with Crippen LogP contribution in [-0.4, -0.2) is 5.16 Å². The first-order chi connectivity index (χ1) is 7.24. The zero-order chi connectivity index (χ0) is 10.8. The standard InChI is InChI=1S/C11H7NO2S/c1-7-8-4-2-3-5-9(8)14-11(13)10(7)12-6-15/h2-5H,1H3. The molecule has 0 amide bonds. The molecule has 0 aliphatic heterocycles. The van der Waals surface area contributed by atoms with Crippen molar-refractivity contribution in [1.82, 2.24) is 0 Å². The molecule has 2 aromatic rings. The molecule has 0 atom stereocenters. The molecule has 15 heavy (non-hydrogen) atoms. The van der Waals surface area contributed by atoms with Gasteiger partial charge in [0.15, 0.2) is 5.69 Å². The fourth-order valence-electron chi connectivity index (χ4n) is 1.47. The molecule has 0 fully saturated rings. The van der Waals surface area contributed by atoms with Crippen LogP contribution < -0.4 is 5.63 Å². The van der Waals surface area contributed by atoms with Crippen LogP contribution in [0, 0.1) is 6.92 Å². The zero-order valence-corrected chi connectivity index (χ0v) is 8.80. The van der Waals surface area contributed by atoms with Gasteiger partial charge in [0, 0.05) is 5.39 Å². The van der Waals surface area contributed by atoms with Crippen LogP contribution in [0.2, 0.25) is 0 Å². The predicted molar refractivity (Wildman–Crippen MR) is 61.9 cm³/mol. The Morgan fingerprint density at radius 2 is 2.13 bits per heavy atom. The zero-order valence-electron chi connectivity index (χ0n) is 7.98. The second-order valence-corrected chi connectivity index (χ2v) is 3.24. The van der Waals surface area contributed by atoms with Gasteiger partial charge in [0.2, 0.25) is 0 Å². The van der Waals surface area contributed by atoms with Crippen molar-refractivity contribution in [3.05, 3.63) is 40.2 Å². The van der Waals surface area contributed by atoms with E-state index in [-0.39, 0.29) is 5.69 Å². The van der Waals surface area contributed by atoms with E-state index in [4.69, 9.17) is 4.42 Å². The average Bonchev–Trinajstić information content (AvgIpc) is 2.24. The first-order valence-electron chi connectivity index (χ1n) is 4.34. The Morgan fingerprint density at radius 1 is 1.40 bits per heavy atom. The van der Waals surface area contributed by atoms with Crippen molar-refractivity contribution in [2.75, 3.05) is 0 Å². The predicted octanol–water partition coefficient (Wildman–Crippen LogP) is 2.84. The number of hydrogen-bond donors (Lipinski definition) is 0. The molecule has 3 nitrogen and oxygen atoms in total. The molecule has 0 saturated heterocycles. The van der Waals surface area contributed by atoms with Gasteiger partial charge in [-0.05, 0) is 30.8 Å². The molecular formula is C11H7NO2S. The highest BCUT2D eigenvalue weighted by Crippen LogP contribution is 2.23. The summed E-state index contributed by atoms with van der Waals surface area (Å²) in [6.07, 6.45) is 0. The van der Waals surface area contributed by atoms with E-state index in [2.05, 4.69) is 22.4 Å². The molecule has 2 rings (SSSR count). The van der Waals surface area contributed by atoms with Crippen LogP contribution in [0.5, 0.6) is 0 Å². The maximum atomic E-state index is 11.5. The van der Waals surface area contributed by atoms with Crippen molar-refractivity contribution in [1.29, 1.82) is 0 Å². The van der Waals surface area contributed by atoms with Crippen LogP contribution in [0.15, 0.2) is 38.5 Å². The molecule has 0 unspecified atom stereocenters. The van der Waals surface area contributed by atoms with Crippen LogP contribution >= 0.6 is 12.2 Å². The molecule has 0 radical (unpaired) electrons. The molecule has 0 N–H and O–H groups in total. The lowest BCUT2D eigenvalue weighted by atomic mass is 10.1. The van der Waals surface area contributed by atoms with Crippen LogP contribution in [0.1, 0.15) is 5.56 Å². The topological polar surface area (TPSA) is 42.6 Å². The summed E-state index contributed by atoms with van der Waals surface area (Å²) in [5.74, 6) is 0. The molecule has 0 aliphatic carbocycles. The van der Waals surface area contributed by atoms with Crippen molar-refractivity contribution in [3.63, 3.8) is 0 Å². The summed E-state index contributed by atoms with van der Waals surface area (Å²) < 4.78 is 5.09. The highest BCUT2D eigenvalue weighted by molar-refractivity contribution is 7.78. The van der Waals surface area contributed by atoms with Crippen LogP contribution in [0.3, 0.4) is 0 Å². The number of aryl methyl sites for hydroxylation is 1. The molecule has 1 heterocycles. The molecule has 0 spiro atoms. The average molecular weight is 217 g/mol. The highest BCUT2D eigenvalue weighted by atomic mass is 32.1. The monoisotopic (exact) mass is 217 g/mol. The number of hydrogen-bond acceptors (Lipinski definition) is 4. The van der Waals surface area contributed by atoms with Gasteiger partial charge in [-0.2, -0.15) is 4.99 Å². The van der Waals surface area contributed by atoms with Gasteiger partial charge in [0.05, 0.1) is 5.16 Å². The molecule has 0 aliphatic rings. The Hall–Kier alpha value is -1.77. The molecule has 74 valence electrons. The Balaban J connectivity index is 2.96. The van der Waals surface area contributed by atoms with E-state index in [0.717, 1.165) is 10.9 Å². The molecular weight excluding hydrogens is 210 g/mol. The summed E-state index contributed by atoms with van der Waals surface area (Å²) in [7, 11) is 0. The third-order valence-electron chi connectivity index (χ3n) is 2.20. The van der Waals surface area contributed by atoms with Gasteiger partial charge in [0.1, 0.15) is 5.58 Å². The highest BCUT2D eigenvalue weighted by Gasteiger charge is 2.08. The molecule has 0 saturated carbocycles. The minimum atomic E-state index is -0.483. The summed E-state index contributed by atoms with van der Waals surface area (Å²) in [5, 5.41) is 3.04. The van der Waals surface area contributed by atoms with Crippen LogP contribution in [0.4, 0.5) is 5.69 Å². The van der Waals surface area contributed by atoms with E-state index >= 15 is 0 Å². The van der Waals surface area contributed by atoms with Crippen molar-refractivity contribution < 1.29 is 4.42 Å². The fourth-order valence-corrected chi connectivity index (χ4v) is 1.56. The second kappa shape index (κ2) is 3.77. The third kappa shape index (κ3) is 1.61. The lowest BCUT2D eigenvalue weighted by molar-refractivity contribution is 0.562. The molecule has 1 aromatic heterocycles. The minimum Gasteiger partial charge on any atom is -0.421 e. The van der Waals surface area contributed by atoms with Crippen molar-refractivity contribution in [3.8, 4) is 0 Å². The Kier molecular flexibility index (Phi) is 2.46. The summed E-state index contributed by atoms with van der Waals surface area (Å²) in [5.41, 5.74) is 1.06. The Bertz CT molecular complexity index is 624. The third-order valence-corrected chi connectivity index (χ3v) is 2.29. The van der Waals surface area contributed by atoms with Gasteiger partial charge in [-0.25, -0.2) is 4.79 Å². The first-order valence-corrected chi connectivity index (χ1v) is 4.75. The van der Waals surface area contributed by atoms with Gasteiger partial charge >= 0.3 is 5.63 Å². The van der Waals surface area contributed by atoms with Gasteiger partial charge in [-0.15, -0.1) is 0 Å². The quantitative estimate of drug-likeness (QED) is 0.419. The summed E-state index contributed by atoms with van der Waals surface area (Å²) in [4.78, 5) is 15.2. The van der Waals surface area contributed by atoms with E-state index in [1.54, 1.807) is 6.07 Å². The molecule has 1 aromatic carbocycles. The van der Waals surface area contributed by atoms with Gasteiger partial charge < -0.3 is 4.42 Å². The number of isothiocyanates is 1. The minimum absolute atomic E-state index is 0.226. The smallest absolute Gasteiger partial charge is 0.363 e. The van der Waals surface area contributed by atoms with E-state index < -0.39 is 5.63 Å². The van der Waals surface area contributed by atoms with E-state index in [0.29, 0.717) is 5.58 Å². The Morgan fingerprint density at radius 3 is 2.87 bits per heavy atom. The van der Waals surface area contributed by atoms with Gasteiger partial charge in [-0.3, -0.25) is 0 Å².